The van der Waals surface area contributed by atoms with Crippen LogP contribution < -0.4 is 10.5 Å². The first-order valence-electron chi connectivity index (χ1n) is 4.74. The Labute approximate surface area is 92.5 Å². The van der Waals surface area contributed by atoms with Crippen molar-refractivity contribution in [3.05, 3.63) is 42.2 Å². The van der Waals surface area contributed by atoms with Gasteiger partial charge in [0.15, 0.2) is 0 Å². The van der Waals surface area contributed by atoms with Crippen LogP contribution in [0, 0.1) is 0 Å². The van der Waals surface area contributed by atoms with Gasteiger partial charge in [0.2, 0.25) is 0 Å². The maximum atomic E-state index is 9.10. The van der Waals surface area contributed by atoms with E-state index in [-0.39, 0.29) is 12.6 Å². The molecule has 0 aliphatic rings. The van der Waals surface area contributed by atoms with Crippen LogP contribution in [-0.4, -0.2) is 15.1 Å². The minimum Gasteiger partial charge on any atom is -0.424 e. The summed E-state index contributed by atoms with van der Waals surface area (Å²) in [6, 6.07) is 7.35. The normalized spacial score (nSPS) is 10.1. The van der Waals surface area contributed by atoms with E-state index >= 15 is 0 Å². The second kappa shape index (κ2) is 4.59. The van der Waals surface area contributed by atoms with Crippen molar-refractivity contribution in [1.29, 1.82) is 0 Å². The number of hydrogen-bond donors (Lipinski definition) is 2. The Balaban J connectivity index is 2.23. The minimum absolute atomic E-state index is 0.0921. The summed E-state index contributed by atoms with van der Waals surface area (Å²) in [5, 5.41) is 9.10. The zero-order valence-electron chi connectivity index (χ0n) is 8.50. The quantitative estimate of drug-likeness (QED) is 0.810. The number of ether oxygens (including phenoxy) is 1. The zero-order valence-corrected chi connectivity index (χ0v) is 8.50. The van der Waals surface area contributed by atoms with Crippen molar-refractivity contribution in [2.45, 2.75) is 6.61 Å². The van der Waals surface area contributed by atoms with Crippen LogP contribution in [0.5, 0.6) is 11.8 Å². The average molecular weight is 217 g/mol. The molecule has 0 aliphatic carbocycles. The highest BCUT2D eigenvalue weighted by Gasteiger charge is 2.04. The van der Waals surface area contributed by atoms with E-state index in [1.165, 1.54) is 12.4 Å². The molecule has 0 atom stereocenters. The molecule has 2 rings (SSSR count). The van der Waals surface area contributed by atoms with E-state index in [4.69, 9.17) is 15.6 Å². The van der Waals surface area contributed by atoms with Gasteiger partial charge < -0.3 is 15.6 Å². The fraction of sp³-hybridized carbons (Fsp3) is 0.0909. The largest absolute Gasteiger partial charge is 0.424 e. The molecule has 0 radical (unpaired) electrons. The molecule has 2 aromatic rings. The number of anilines is 1. The van der Waals surface area contributed by atoms with Crippen LogP contribution in [0.25, 0.3) is 0 Å². The Morgan fingerprint density at radius 2 is 1.88 bits per heavy atom. The lowest BCUT2D eigenvalue weighted by molar-refractivity contribution is 0.275. The van der Waals surface area contributed by atoms with Crippen molar-refractivity contribution < 1.29 is 9.84 Å². The Morgan fingerprint density at radius 3 is 2.56 bits per heavy atom. The molecule has 0 saturated heterocycles. The Kier molecular flexibility index (Phi) is 2.98. The summed E-state index contributed by atoms with van der Waals surface area (Å²) < 4.78 is 5.42. The molecule has 82 valence electrons. The van der Waals surface area contributed by atoms with Crippen molar-refractivity contribution in [3.63, 3.8) is 0 Å². The summed E-state index contributed by atoms with van der Waals surface area (Å²) in [7, 11) is 0. The average Bonchev–Trinajstić information content (AvgIpc) is 2.33. The number of aromatic nitrogens is 2. The predicted molar refractivity (Wildman–Crippen MR) is 58.9 cm³/mol. The van der Waals surface area contributed by atoms with Gasteiger partial charge in [-0.1, -0.05) is 18.2 Å². The standard InChI is InChI=1S/C11H11N3O2/c12-9-5-13-11(14-6-9)16-10-4-2-1-3-8(10)7-15/h1-6,15H,7,12H2. The van der Waals surface area contributed by atoms with Crippen molar-refractivity contribution in [2.75, 3.05) is 5.73 Å². The second-order valence-corrected chi connectivity index (χ2v) is 3.17. The number of para-hydroxylation sites is 1. The lowest BCUT2D eigenvalue weighted by Crippen LogP contribution is -1.96. The molecule has 5 heteroatoms. The van der Waals surface area contributed by atoms with E-state index in [2.05, 4.69) is 9.97 Å². The van der Waals surface area contributed by atoms with Crippen LogP contribution in [0.2, 0.25) is 0 Å². The molecule has 1 aromatic carbocycles. The third kappa shape index (κ3) is 2.26. The highest BCUT2D eigenvalue weighted by Crippen LogP contribution is 2.22. The number of aliphatic hydroxyl groups excluding tert-OH is 1. The van der Waals surface area contributed by atoms with Crippen molar-refractivity contribution in [1.82, 2.24) is 9.97 Å². The lowest BCUT2D eigenvalue weighted by Gasteiger charge is -2.07. The molecule has 1 heterocycles. The van der Waals surface area contributed by atoms with Crippen LogP contribution in [0.15, 0.2) is 36.7 Å². The van der Waals surface area contributed by atoms with E-state index < -0.39 is 0 Å². The van der Waals surface area contributed by atoms with E-state index in [0.29, 0.717) is 17.0 Å². The van der Waals surface area contributed by atoms with Crippen LogP contribution in [0.1, 0.15) is 5.56 Å². The number of nitrogens with zero attached hydrogens (tertiary/aromatic N) is 2. The minimum atomic E-state index is -0.0921. The topological polar surface area (TPSA) is 81.3 Å². The molecule has 3 N–H and O–H groups in total. The lowest BCUT2D eigenvalue weighted by atomic mass is 10.2. The second-order valence-electron chi connectivity index (χ2n) is 3.17. The van der Waals surface area contributed by atoms with Crippen molar-refractivity contribution >= 4 is 5.69 Å². The van der Waals surface area contributed by atoms with E-state index in [9.17, 15) is 0 Å². The Morgan fingerprint density at radius 1 is 1.19 bits per heavy atom. The number of nitrogen functional groups attached to an aromatic ring is 1. The summed E-state index contributed by atoms with van der Waals surface area (Å²) in [5.41, 5.74) is 6.61. The molecule has 5 nitrogen and oxygen atoms in total. The fourth-order valence-corrected chi connectivity index (χ4v) is 1.21. The maximum absolute atomic E-state index is 9.10. The predicted octanol–water partition coefficient (Wildman–Crippen LogP) is 1.34. The van der Waals surface area contributed by atoms with E-state index in [1.54, 1.807) is 12.1 Å². The molecule has 16 heavy (non-hydrogen) atoms. The SMILES string of the molecule is Nc1cnc(Oc2ccccc2CO)nc1. The fourth-order valence-electron chi connectivity index (χ4n) is 1.21. The summed E-state index contributed by atoms with van der Waals surface area (Å²) in [6.07, 6.45) is 2.92. The van der Waals surface area contributed by atoms with Gasteiger partial charge >= 0.3 is 6.01 Å². The van der Waals surface area contributed by atoms with Gasteiger partial charge in [-0.25, -0.2) is 9.97 Å². The number of aliphatic hydroxyl groups is 1. The Bertz CT molecular complexity index is 471. The van der Waals surface area contributed by atoms with Gasteiger partial charge in [0.25, 0.3) is 0 Å². The van der Waals surface area contributed by atoms with Gasteiger partial charge in [-0.2, -0.15) is 0 Å². The Hall–Kier alpha value is -2.14. The maximum Gasteiger partial charge on any atom is 0.322 e. The third-order valence-electron chi connectivity index (χ3n) is 1.99. The summed E-state index contributed by atoms with van der Waals surface area (Å²) in [5.74, 6) is 0.537. The van der Waals surface area contributed by atoms with E-state index in [1.807, 2.05) is 12.1 Å². The van der Waals surface area contributed by atoms with Gasteiger partial charge in [0.05, 0.1) is 24.7 Å². The first-order chi connectivity index (χ1) is 7.79. The molecule has 0 saturated carbocycles. The number of benzene rings is 1. The van der Waals surface area contributed by atoms with Gasteiger partial charge in [-0.3, -0.25) is 0 Å². The van der Waals surface area contributed by atoms with Gasteiger partial charge in [0, 0.05) is 5.56 Å². The molecule has 0 bridgehead atoms. The van der Waals surface area contributed by atoms with Crippen molar-refractivity contribution in [3.8, 4) is 11.8 Å². The molecule has 0 spiro atoms. The number of nitrogens with two attached hydrogens (primary N) is 1. The number of rotatable bonds is 3. The third-order valence-corrected chi connectivity index (χ3v) is 1.99. The smallest absolute Gasteiger partial charge is 0.322 e. The molecule has 0 fully saturated rings. The highest BCUT2D eigenvalue weighted by molar-refractivity contribution is 5.36. The van der Waals surface area contributed by atoms with Crippen molar-refractivity contribution in [2.24, 2.45) is 0 Å². The van der Waals surface area contributed by atoms with E-state index in [0.717, 1.165) is 0 Å². The molecule has 0 unspecified atom stereocenters. The van der Waals surface area contributed by atoms with Gasteiger partial charge in [-0.15, -0.1) is 0 Å². The summed E-state index contributed by atoms with van der Waals surface area (Å²) >= 11 is 0. The first-order valence-corrected chi connectivity index (χ1v) is 4.74. The van der Waals surface area contributed by atoms with Crippen LogP contribution >= 0.6 is 0 Å². The molecular weight excluding hydrogens is 206 g/mol. The molecule has 0 aliphatic heterocycles. The monoisotopic (exact) mass is 217 g/mol. The number of hydrogen-bond acceptors (Lipinski definition) is 5. The molecular formula is C11H11N3O2. The summed E-state index contributed by atoms with van der Waals surface area (Å²) in [4.78, 5) is 7.82. The van der Waals surface area contributed by atoms with Crippen LogP contribution in [-0.2, 0) is 6.61 Å². The highest BCUT2D eigenvalue weighted by atomic mass is 16.5. The molecule has 0 amide bonds. The zero-order chi connectivity index (χ0) is 11.4. The van der Waals surface area contributed by atoms with Gasteiger partial charge in [-0.05, 0) is 6.07 Å². The van der Waals surface area contributed by atoms with Crippen LogP contribution in [0.3, 0.4) is 0 Å². The molecule has 1 aromatic heterocycles. The summed E-state index contributed by atoms with van der Waals surface area (Å²) in [6.45, 7) is -0.0921. The van der Waals surface area contributed by atoms with Gasteiger partial charge in [0.1, 0.15) is 5.75 Å². The van der Waals surface area contributed by atoms with Crippen LogP contribution in [0.4, 0.5) is 5.69 Å². The first kappa shape index (κ1) is 10.4.